The van der Waals surface area contributed by atoms with Crippen LogP contribution < -0.4 is 0 Å². The Kier molecular flexibility index (Phi) is 4.23. The van der Waals surface area contributed by atoms with E-state index in [1.165, 1.54) is 0 Å². The summed E-state index contributed by atoms with van der Waals surface area (Å²) >= 11 is 0. The quantitative estimate of drug-likeness (QED) is 0.869. The van der Waals surface area contributed by atoms with Crippen molar-refractivity contribution in [1.82, 2.24) is 9.88 Å². The summed E-state index contributed by atoms with van der Waals surface area (Å²) in [4.78, 5) is 17.8. The standard InChI is InChI=1S/C13H20N2O2/c1-13(2,3)9-15(4)12(17)10-5-6-14-11(7-10)8-16/h5-7,16H,8-9H2,1-4H3. The van der Waals surface area contributed by atoms with Crippen molar-refractivity contribution < 1.29 is 9.90 Å². The van der Waals surface area contributed by atoms with E-state index < -0.39 is 0 Å². The summed E-state index contributed by atoms with van der Waals surface area (Å²) in [5, 5.41) is 8.98. The van der Waals surface area contributed by atoms with Crippen molar-refractivity contribution in [2.75, 3.05) is 13.6 Å². The molecule has 0 radical (unpaired) electrons. The van der Waals surface area contributed by atoms with E-state index >= 15 is 0 Å². The topological polar surface area (TPSA) is 53.4 Å². The van der Waals surface area contributed by atoms with Crippen LogP contribution in [0.5, 0.6) is 0 Å². The Morgan fingerprint density at radius 2 is 2.12 bits per heavy atom. The van der Waals surface area contributed by atoms with Gasteiger partial charge in [0.1, 0.15) is 0 Å². The van der Waals surface area contributed by atoms with Gasteiger partial charge < -0.3 is 10.0 Å². The van der Waals surface area contributed by atoms with Crippen LogP contribution in [0.1, 0.15) is 36.8 Å². The normalized spacial score (nSPS) is 11.4. The van der Waals surface area contributed by atoms with Crippen molar-refractivity contribution in [3.63, 3.8) is 0 Å². The molecule has 0 aliphatic heterocycles. The fourth-order valence-electron chi connectivity index (χ4n) is 1.70. The van der Waals surface area contributed by atoms with Crippen molar-refractivity contribution in [2.45, 2.75) is 27.4 Å². The number of hydrogen-bond acceptors (Lipinski definition) is 3. The predicted molar refractivity (Wildman–Crippen MR) is 66.6 cm³/mol. The van der Waals surface area contributed by atoms with E-state index in [1.807, 2.05) is 0 Å². The molecule has 4 nitrogen and oxygen atoms in total. The molecule has 17 heavy (non-hydrogen) atoms. The molecular formula is C13H20N2O2. The average molecular weight is 236 g/mol. The molecule has 0 unspecified atom stereocenters. The van der Waals surface area contributed by atoms with Crippen LogP contribution in [0, 0.1) is 5.41 Å². The van der Waals surface area contributed by atoms with E-state index in [0.717, 1.165) is 0 Å². The van der Waals surface area contributed by atoms with Gasteiger partial charge in [-0.3, -0.25) is 9.78 Å². The largest absolute Gasteiger partial charge is 0.390 e. The highest BCUT2D eigenvalue weighted by molar-refractivity contribution is 5.94. The van der Waals surface area contributed by atoms with Crippen molar-refractivity contribution in [2.24, 2.45) is 5.41 Å². The number of hydrogen-bond donors (Lipinski definition) is 1. The minimum absolute atomic E-state index is 0.0444. The molecule has 0 aliphatic rings. The number of aromatic nitrogens is 1. The summed E-state index contributed by atoms with van der Waals surface area (Å²) in [7, 11) is 1.78. The minimum Gasteiger partial charge on any atom is -0.390 e. The summed E-state index contributed by atoms with van der Waals surface area (Å²) in [5.74, 6) is -0.0444. The summed E-state index contributed by atoms with van der Waals surface area (Å²) in [6.45, 7) is 6.79. The molecule has 4 heteroatoms. The first-order valence-electron chi connectivity index (χ1n) is 5.65. The third-order valence-corrected chi connectivity index (χ3v) is 2.28. The van der Waals surface area contributed by atoms with Crippen molar-refractivity contribution >= 4 is 5.91 Å². The number of aliphatic hydroxyl groups excluding tert-OH is 1. The molecular weight excluding hydrogens is 216 g/mol. The van der Waals surface area contributed by atoms with Crippen molar-refractivity contribution in [1.29, 1.82) is 0 Å². The number of carbonyl (C=O) groups excluding carboxylic acids is 1. The van der Waals surface area contributed by atoms with Crippen LogP contribution in [0.25, 0.3) is 0 Å². The molecule has 1 N–H and O–H groups in total. The van der Waals surface area contributed by atoms with Gasteiger partial charge in [0.2, 0.25) is 0 Å². The third kappa shape index (κ3) is 4.15. The molecule has 0 aliphatic carbocycles. The maximum atomic E-state index is 12.1. The average Bonchev–Trinajstić information content (AvgIpc) is 2.26. The molecule has 1 heterocycles. The van der Waals surface area contributed by atoms with Crippen molar-refractivity contribution in [3.05, 3.63) is 29.6 Å². The van der Waals surface area contributed by atoms with E-state index in [4.69, 9.17) is 5.11 Å². The first-order valence-corrected chi connectivity index (χ1v) is 5.65. The molecule has 1 aromatic rings. The fourth-order valence-corrected chi connectivity index (χ4v) is 1.70. The minimum atomic E-state index is -0.149. The van der Waals surface area contributed by atoms with E-state index in [-0.39, 0.29) is 17.9 Å². The summed E-state index contributed by atoms with van der Waals surface area (Å²) in [5.41, 5.74) is 1.15. The van der Waals surface area contributed by atoms with E-state index in [1.54, 1.807) is 30.3 Å². The monoisotopic (exact) mass is 236 g/mol. The zero-order valence-electron chi connectivity index (χ0n) is 10.9. The lowest BCUT2D eigenvalue weighted by molar-refractivity contribution is 0.0745. The molecule has 1 rings (SSSR count). The molecule has 0 saturated heterocycles. The van der Waals surface area contributed by atoms with Crippen molar-refractivity contribution in [3.8, 4) is 0 Å². The maximum Gasteiger partial charge on any atom is 0.253 e. The first-order chi connectivity index (χ1) is 7.83. The van der Waals surface area contributed by atoms with E-state index in [9.17, 15) is 4.79 Å². The summed E-state index contributed by atoms with van der Waals surface area (Å²) in [6, 6.07) is 3.29. The van der Waals surface area contributed by atoms with Gasteiger partial charge in [0.15, 0.2) is 0 Å². The zero-order chi connectivity index (χ0) is 13.1. The second kappa shape index (κ2) is 5.27. The van der Waals surface area contributed by atoms with Crippen LogP contribution in [-0.2, 0) is 6.61 Å². The molecule has 0 saturated carbocycles. The Morgan fingerprint density at radius 1 is 1.47 bits per heavy atom. The lowest BCUT2D eigenvalue weighted by Crippen LogP contribution is -2.34. The van der Waals surface area contributed by atoms with Gasteiger partial charge in [-0.2, -0.15) is 0 Å². The lowest BCUT2D eigenvalue weighted by Gasteiger charge is -2.26. The van der Waals surface area contributed by atoms with Gasteiger partial charge in [-0.05, 0) is 17.5 Å². The molecule has 1 amide bonds. The van der Waals surface area contributed by atoms with Gasteiger partial charge in [-0.15, -0.1) is 0 Å². The Hall–Kier alpha value is -1.42. The zero-order valence-corrected chi connectivity index (χ0v) is 10.9. The number of carbonyl (C=O) groups is 1. The third-order valence-electron chi connectivity index (χ3n) is 2.28. The van der Waals surface area contributed by atoms with Crippen LogP contribution in [-0.4, -0.2) is 34.5 Å². The first kappa shape index (κ1) is 13.6. The predicted octanol–water partition coefficient (Wildman–Crippen LogP) is 1.69. The summed E-state index contributed by atoms with van der Waals surface area (Å²) in [6.07, 6.45) is 1.55. The number of aliphatic hydroxyl groups is 1. The Labute approximate surface area is 102 Å². The molecule has 0 atom stereocenters. The number of rotatable bonds is 3. The molecule has 94 valence electrons. The second-order valence-corrected chi connectivity index (χ2v) is 5.42. The highest BCUT2D eigenvalue weighted by atomic mass is 16.3. The van der Waals surface area contributed by atoms with Gasteiger partial charge in [0.05, 0.1) is 12.3 Å². The van der Waals surface area contributed by atoms with Crippen LogP contribution in [0.4, 0.5) is 0 Å². The van der Waals surface area contributed by atoms with Crippen LogP contribution in [0.15, 0.2) is 18.3 Å². The van der Waals surface area contributed by atoms with Crippen LogP contribution in [0.3, 0.4) is 0 Å². The van der Waals surface area contributed by atoms with Gasteiger partial charge in [0, 0.05) is 25.4 Å². The lowest BCUT2D eigenvalue weighted by atomic mass is 9.96. The summed E-state index contributed by atoms with van der Waals surface area (Å²) < 4.78 is 0. The maximum absolute atomic E-state index is 12.1. The van der Waals surface area contributed by atoms with E-state index in [0.29, 0.717) is 17.8 Å². The SMILES string of the molecule is CN(CC(C)(C)C)C(=O)c1ccnc(CO)c1. The second-order valence-electron chi connectivity index (χ2n) is 5.42. The Balaban J connectivity index is 2.81. The fraction of sp³-hybridized carbons (Fsp3) is 0.538. The number of nitrogens with zero attached hydrogens (tertiary/aromatic N) is 2. The molecule has 0 bridgehead atoms. The van der Waals surface area contributed by atoms with E-state index in [2.05, 4.69) is 25.8 Å². The molecule has 0 fully saturated rings. The number of pyridine rings is 1. The smallest absolute Gasteiger partial charge is 0.253 e. The van der Waals surface area contributed by atoms with Crippen LogP contribution in [0.2, 0.25) is 0 Å². The Morgan fingerprint density at radius 3 is 2.65 bits per heavy atom. The van der Waals surface area contributed by atoms with Gasteiger partial charge >= 0.3 is 0 Å². The van der Waals surface area contributed by atoms with Gasteiger partial charge in [-0.1, -0.05) is 20.8 Å². The molecule has 0 aromatic carbocycles. The Bertz CT molecular complexity index is 397. The highest BCUT2D eigenvalue weighted by Gasteiger charge is 2.19. The van der Waals surface area contributed by atoms with Crippen LogP contribution >= 0.6 is 0 Å². The molecule has 0 spiro atoms. The number of amides is 1. The van der Waals surface area contributed by atoms with Gasteiger partial charge in [-0.25, -0.2) is 0 Å². The highest BCUT2D eigenvalue weighted by Crippen LogP contribution is 2.16. The molecule has 1 aromatic heterocycles. The van der Waals surface area contributed by atoms with Gasteiger partial charge in [0.25, 0.3) is 5.91 Å².